The van der Waals surface area contributed by atoms with E-state index in [2.05, 4.69) is 5.32 Å². The first-order valence-electron chi connectivity index (χ1n) is 6.81. The Hall–Kier alpha value is -1.06. The zero-order chi connectivity index (χ0) is 13.8. The highest BCUT2D eigenvalue weighted by molar-refractivity contribution is 5.78. The molecule has 0 unspecified atom stereocenters. The van der Waals surface area contributed by atoms with Gasteiger partial charge in [0.2, 0.25) is 0 Å². The van der Waals surface area contributed by atoms with E-state index >= 15 is 0 Å². The van der Waals surface area contributed by atoms with E-state index in [0.29, 0.717) is 24.5 Å². The average molecular weight is 255 g/mol. The maximum atomic E-state index is 11.5. The van der Waals surface area contributed by atoms with E-state index in [9.17, 15) is 9.59 Å². The molecule has 1 N–H and O–H groups in total. The van der Waals surface area contributed by atoms with Crippen LogP contribution < -0.4 is 5.32 Å². The molecule has 0 atom stereocenters. The van der Waals surface area contributed by atoms with E-state index in [1.165, 1.54) is 0 Å². The van der Waals surface area contributed by atoms with Crippen LogP contribution in [0.15, 0.2) is 0 Å². The summed E-state index contributed by atoms with van der Waals surface area (Å²) >= 11 is 0. The van der Waals surface area contributed by atoms with Gasteiger partial charge in [-0.3, -0.25) is 4.79 Å². The van der Waals surface area contributed by atoms with Gasteiger partial charge in [0, 0.05) is 18.9 Å². The van der Waals surface area contributed by atoms with Gasteiger partial charge >= 0.3 is 6.09 Å². The molecule has 1 fully saturated rings. The van der Waals surface area contributed by atoms with E-state index in [4.69, 9.17) is 4.74 Å². The second-order valence-electron chi connectivity index (χ2n) is 6.17. The van der Waals surface area contributed by atoms with Crippen LogP contribution >= 0.6 is 0 Å². The third-order valence-corrected chi connectivity index (χ3v) is 3.00. The summed E-state index contributed by atoms with van der Waals surface area (Å²) in [5.74, 6) is 0.794. The molecule has 1 amide bonds. The van der Waals surface area contributed by atoms with Crippen molar-refractivity contribution in [1.29, 1.82) is 0 Å². The number of ether oxygens (including phenoxy) is 1. The van der Waals surface area contributed by atoms with Gasteiger partial charge in [-0.1, -0.05) is 6.92 Å². The lowest BCUT2D eigenvalue weighted by Gasteiger charge is -2.35. The number of rotatable bonds is 5. The molecule has 0 aromatic heterocycles. The summed E-state index contributed by atoms with van der Waals surface area (Å²) in [5, 5.41) is 2.84. The summed E-state index contributed by atoms with van der Waals surface area (Å²) in [6, 6.07) is 0.180. The van der Waals surface area contributed by atoms with Crippen LogP contribution in [0.1, 0.15) is 59.8 Å². The van der Waals surface area contributed by atoms with Crippen molar-refractivity contribution in [2.75, 3.05) is 0 Å². The molecule has 0 aliphatic heterocycles. The second kappa shape index (κ2) is 6.21. The standard InChI is InChI=1S/C14H25NO3/c1-5-6-12(16)9-10-7-11(8-10)15-13(17)18-14(2,3)4/h10-11H,5-9H2,1-4H3,(H,15,17). The SMILES string of the molecule is CCCC(=O)CC1CC(NC(=O)OC(C)(C)C)C1. The molecule has 1 rings (SSSR count). The molecule has 0 radical (unpaired) electrons. The first-order valence-corrected chi connectivity index (χ1v) is 6.81. The van der Waals surface area contributed by atoms with Gasteiger partial charge in [0.25, 0.3) is 0 Å². The molecule has 1 aliphatic carbocycles. The molecule has 0 bridgehead atoms. The van der Waals surface area contributed by atoms with E-state index in [0.717, 1.165) is 19.3 Å². The van der Waals surface area contributed by atoms with Crippen molar-refractivity contribution >= 4 is 11.9 Å². The Labute approximate surface area is 109 Å². The Bertz CT molecular complexity index is 301. The molecule has 18 heavy (non-hydrogen) atoms. The smallest absolute Gasteiger partial charge is 0.407 e. The van der Waals surface area contributed by atoms with Crippen LogP contribution in [0.3, 0.4) is 0 Å². The van der Waals surface area contributed by atoms with Gasteiger partial charge in [-0.2, -0.15) is 0 Å². The Morgan fingerprint density at radius 2 is 1.89 bits per heavy atom. The quantitative estimate of drug-likeness (QED) is 0.821. The minimum atomic E-state index is -0.454. The molecule has 0 aromatic rings. The summed E-state index contributed by atoms with van der Waals surface area (Å²) < 4.78 is 5.18. The topological polar surface area (TPSA) is 55.4 Å². The van der Waals surface area contributed by atoms with Crippen molar-refractivity contribution < 1.29 is 14.3 Å². The van der Waals surface area contributed by atoms with Crippen molar-refractivity contribution in [3.05, 3.63) is 0 Å². The number of hydrogen-bond donors (Lipinski definition) is 1. The fourth-order valence-corrected chi connectivity index (χ4v) is 2.20. The molecule has 0 spiro atoms. The number of carbonyl (C=O) groups is 2. The number of ketones is 1. The van der Waals surface area contributed by atoms with Crippen LogP contribution in [0.25, 0.3) is 0 Å². The minimum Gasteiger partial charge on any atom is -0.444 e. The van der Waals surface area contributed by atoms with Crippen molar-refractivity contribution in [1.82, 2.24) is 5.32 Å². The summed E-state index contributed by atoms with van der Waals surface area (Å²) in [7, 11) is 0. The number of hydrogen-bond acceptors (Lipinski definition) is 3. The molecule has 1 saturated carbocycles. The zero-order valence-corrected chi connectivity index (χ0v) is 11.9. The molecule has 0 aromatic carbocycles. The Morgan fingerprint density at radius 1 is 1.28 bits per heavy atom. The first kappa shape index (κ1) is 15.0. The highest BCUT2D eigenvalue weighted by Gasteiger charge is 2.32. The number of nitrogens with one attached hydrogen (secondary N) is 1. The predicted octanol–water partition coefficient (Wildman–Crippen LogP) is 3.05. The van der Waals surface area contributed by atoms with Gasteiger partial charge in [0.1, 0.15) is 11.4 Å². The normalized spacial score (nSPS) is 23.1. The largest absolute Gasteiger partial charge is 0.444 e. The van der Waals surface area contributed by atoms with Gasteiger partial charge < -0.3 is 10.1 Å². The highest BCUT2D eigenvalue weighted by Crippen LogP contribution is 2.31. The van der Waals surface area contributed by atoms with Crippen LogP contribution in [0, 0.1) is 5.92 Å². The summed E-state index contributed by atoms with van der Waals surface area (Å²) in [6.45, 7) is 7.56. The number of alkyl carbamates (subject to hydrolysis) is 1. The third-order valence-electron chi connectivity index (χ3n) is 3.00. The van der Waals surface area contributed by atoms with Crippen molar-refractivity contribution in [3.8, 4) is 0 Å². The monoisotopic (exact) mass is 255 g/mol. The fraction of sp³-hybridized carbons (Fsp3) is 0.857. The Balaban J connectivity index is 2.15. The van der Waals surface area contributed by atoms with Gasteiger partial charge in [-0.25, -0.2) is 4.79 Å². The number of Topliss-reactive ketones (excluding diaryl/α,β-unsaturated/α-hetero) is 1. The number of carbonyl (C=O) groups excluding carboxylic acids is 2. The van der Waals surface area contributed by atoms with Crippen LogP contribution in [0.2, 0.25) is 0 Å². The van der Waals surface area contributed by atoms with Gasteiger partial charge in [0.05, 0.1) is 0 Å². The van der Waals surface area contributed by atoms with Gasteiger partial charge in [-0.15, -0.1) is 0 Å². The molecular weight excluding hydrogens is 230 g/mol. The maximum absolute atomic E-state index is 11.5. The molecule has 104 valence electrons. The van der Waals surface area contributed by atoms with Gasteiger partial charge in [0.15, 0.2) is 0 Å². The van der Waals surface area contributed by atoms with Gasteiger partial charge in [-0.05, 0) is 46.0 Å². The third kappa shape index (κ3) is 5.52. The lowest BCUT2D eigenvalue weighted by molar-refractivity contribution is -0.120. The van der Waals surface area contributed by atoms with Crippen LogP contribution in [0.5, 0.6) is 0 Å². The Morgan fingerprint density at radius 3 is 2.39 bits per heavy atom. The second-order valence-corrected chi connectivity index (χ2v) is 6.17. The van der Waals surface area contributed by atoms with Crippen LogP contribution in [-0.4, -0.2) is 23.5 Å². The van der Waals surface area contributed by atoms with E-state index in [1.54, 1.807) is 0 Å². The predicted molar refractivity (Wildman–Crippen MR) is 70.4 cm³/mol. The fourth-order valence-electron chi connectivity index (χ4n) is 2.20. The average Bonchev–Trinajstić information content (AvgIpc) is 2.11. The van der Waals surface area contributed by atoms with Crippen molar-refractivity contribution in [2.45, 2.75) is 71.4 Å². The van der Waals surface area contributed by atoms with Crippen molar-refractivity contribution in [2.24, 2.45) is 5.92 Å². The summed E-state index contributed by atoms with van der Waals surface area (Å²) in [6.07, 6.45) is 3.71. The molecule has 0 heterocycles. The summed E-state index contributed by atoms with van der Waals surface area (Å²) in [5.41, 5.74) is -0.454. The minimum absolute atomic E-state index is 0.180. The highest BCUT2D eigenvalue weighted by atomic mass is 16.6. The first-order chi connectivity index (χ1) is 8.30. The van der Waals surface area contributed by atoms with E-state index < -0.39 is 5.60 Å². The van der Waals surface area contributed by atoms with E-state index in [1.807, 2.05) is 27.7 Å². The summed E-state index contributed by atoms with van der Waals surface area (Å²) in [4.78, 5) is 22.9. The lowest BCUT2D eigenvalue weighted by Crippen LogP contribution is -2.46. The lowest BCUT2D eigenvalue weighted by atomic mass is 9.77. The molecular formula is C14H25NO3. The van der Waals surface area contributed by atoms with Crippen molar-refractivity contribution in [3.63, 3.8) is 0 Å². The van der Waals surface area contributed by atoms with Crippen LogP contribution in [0.4, 0.5) is 4.79 Å². The number of amides is 1. The molecule has 1 aliphatic rings. The zero-order valence-electron chi connectivity index (χ0n) is 11.9. The molecule has 0 saturated heterocycles. The molecule has 4 nitrogen and oxygen atoms in total. The maximum Gasteiger partial charge on any atom is 0.407 e. The van der Waals surface area contributed by atoms with E-state index in [-0.39, 0.29) is 12.1 Å². The Kier molecular flexibility index (Phi) is 5.17. The molecule has 4 heteroatoms. The van der Waals surface area contributed by atoms with Crippen LogP contribution in [-0.2, 0) is 9.53 Å².